The molecule has 26 heavy (non-hydrogen) atoms. The van der Waals surface area contributed by atoms with E-state index in [2.05, 4.69) is 5.32 Å². The molecule has 0 bridgehead atoms. The van der Waals surface area contributed by atoms with Gasteiger partial charge < -0.3 is 25.4 Å². The Morgan fingerprint density at radius 1 is 1.12 bits per heavy atom. The van der Waals surface area contributed by atoms with Crippen LogP contribution >= 0.6 is 11.6 Å². The lowest BCUT2D eigenvalue weighted by Gasteiger charge is -2.19. The van der Waals surface area contributed by atoms with Crippen molar-refractivity contribution in [3.05, 3.63) is 70.2 Å². The molecule has 0 heterocycles. The van der Waals surface area contributed by atoms with Crippen molar-refractivity contribution in [2.75, 3.05) is 6.54 Å². The molecule has 0 aromatic heterocycles. The van der Waals surface area contributed by atoms with E-state index in [0.29, 0.717) is 0 Å². The van der Waals surface area contributed by atoms with Crippen LogP contribution in [0.1, 0.15) is 27.6 Å². The average Bonchev–Trinajstić information content (AvgIpc) is 2.64. The molecule has 138 valence electrons. The van der Waals surface area contributed by atoms with Crippen LogP contribution < -0.4 is 5.32 Å². The molecule has 0 saturated heterocycles. The summed E-state index contributed by atoms with van der Waals surface area (Å²) in [6.07, 6.45) is -3.56. The Bertz CT molecular complexity index is 768. The zero-order valence-corrected chi connectivity index (χ0v) is 14.4. The molecule has 2 aromatic carbocycles. The van der Waals surface area contributed by atoms with Gasteiger partial charge in [0.2, 0.25) is 0 Å². The van der Waals surface area contributed by atoms with E-state index in [1.54, 1.807) is 12.1 Å². The number of carboxylic acids is 1. The smallest absolute Gasteiger partial charge is 0.407 e. The molecule has 0 aliphatic rings. The van der Waals surface area contributed by atoms with Crippen LogP contribution in [0.25, 0.3) is 0 Å². The Morgan fingerprint density at radius 2 is 1.81 bits per heavy atom. The van der Waals surface area contributed by atoms with E-state index < -0.39 is 24.3 Å². The van der Waals surface area contributed by atoms with E-state index in [9.17, 15) is 19.8 Å². The zero-order valence-electron chi connectivity index (χ0n) is 13.6. The van der Waals surface area contributed by atoms with E-state index in [-0.39, 0.29) is 29.3 Å². The SMILES string of the molecule is O=C(NCC(O)C(O)c1cc(Cl)cc(C(=O)O)c1)OCc1ccccc1. The Morgan fingerprint density at radius 3 is 2.46 bits per heavy atom. The van der Waals surface area contributed by atoms with E-state index in [0.717, 1.165) is 5.56 Å². The topological polar surface area (TPSA) is 116 Å². The van der Waals surface area contributed by atoms with Crippen LogP contribution in [0.3, 0.4) is 0 Å². The van der Waals surface area contributed by atoms with Gasteiger partial charge in [-0.2, -0.15) is 0 Å². The first-order chi connectivity index (χ1) is 12.4. The minimum Gasteiger partial charge on any atom is -0.478 e. The number of carbonyl (C=O) groups excluding carboxylic acids is 1. The molecule has 4 N–H and O–H groups in total. The van der Waals surface area contributed by atoms with Gasteiger partial charge in [-0.15, -0.1) is 0 Å². The number of aromatic carboxylic acids is 1. The molecule has 1 amide bonds. The number of hydrogen-bond donors (Lipinski definition) is 4. The molecule has 0 fully saturated rings. The number of halogens is 1. The molecular formula is C18H18ClNO6. The second-order valence-corrected chi connectivity index (χ2v) is 5.97. The van der Waals surface area contributed by atoms with Gasteiger partial charge in [-0.05, 0) is 29.3 Å². The number of benzene rings is 2. The number of nitrogens with one attached hydrogen (secondary N) is 1. The van der Waals surface area contributed by atoms with E-state index in [4.69, 9.17) is 21.4 Å². The Labute approximate surface area is 154 Å². The van der Waals surface area contributed by atoms with Gasteiger partial charge in [0.05, 0.1) is 5.56 Å². The average molecular weight is 380 g/mol. The first-order valence-electron chi connectivity index (χ1n) is 7.71. The lowest BCUT2D eigenvalue weighted by atomic mass is 10.0. The van der Waals surface area contributed by atoms with Crippen LogP contribution in [0, 0.1) is 0 Å². The van der Waals surface area contributed by atoms with Gasteiger partial charge in [0.25, 0.3) is 0 Å². The molecule has 0 aliphatic heterocycles. The van der Waals surface area contributed by atoms with Crippen LogP contribution in [0.2, 0.25) is 5.02 Å². The summed E-state index contributed by atoms with van der Waals surface area (Å²) in [7, 11) is 0. The summed E-state index contributed by atoms with van der Waals surface area (Å²) in [5.41, 5.74) is 0.819. The molecule has 7 nitrogen and oxygen atoms in total. The number of aliphatic hydroxyl groups excluding tert-OH is 2. The van der Waals surface area contributed by atoms with Crippen molar-refractivity contribution in [3.63, 3.8) is 0 Å². The lowest BCUT2D eigenvalue weighted by Crippen LogP contribution is -2.35. The lowest BCUT2D eigenvalue weighted by molar-refractivity contribution is 0.0183. The fourth-order valence-electron chi connectivity index (χ4n) is 2.20. The maximum atomic E-state index is 11.7. The standard InChI is InChI=1S/C18H18ClNO6/c19-14-7-12(6-13(8-14)17(23)24)16(22)15(21)9-20-18(25)26-10-11-4-2-1-3-5-11/h1-8,15-16,21-22H,9-10H2,(H,20,25)(H,23,24). The molecule has 2 unspecified atom stereocenters. The summed E-state index contributed by atoms with van der Waals surface area (Å²) in [5, 5.41) is 31.6. The van der Waals surface area contributed by atoms with E-state index in [1.807, 2.05) is 18.2 Å². The second-order valence-electron chi connectivity index (χ2n) is 5.53. The van der Waals surface area contributed by atoms with Crippen molar-refractivity contribution >= 4 is 23.7 Å². The third-order valence-electron chi connectivity index (χ3n) is 3.54. The molecule has 8 heteroatoms. The number of ether oxygens (including phenoxy) is 1. The predicted octanol–water partition coefficient (Wildman–Crippen LogP) is 2.36. The third kappa shape index (κ3) is 5.73. The van der Waals surface area contributed by atoms with Crippen LogP contribution in [-0.4, -0.2) is 40.0 Å². The van der Waals surface area contributed by atoms with Gasteiger partial charge >= 0.3 is 12.1 Å². The summed E-state index contributed by atoms with van der Waals surface area (Å²) < 4.78 is 4.99. The Kier molecular flexibility index (Phi) is 6.97. The zero-order chi connectivity index (χ0) is 19.1. The van der Waals surface area contributed by atoms with Gasteiger partial charge in [0.15, 0.2) is 0 Å². The molecule has 2 atom stereocenters. The van der Waals surface area contributed by atoms with Crippen LogP contribution in [-0.2, 0) is 11.3 Å². The summed E-state index contributed by atoms with van der Waals surface area (Å²) >= 11 is 5.82. The number of aliphatic hydroxyl groups is 2. The monoisotopic (exact) mass is 379 g/mol. The predicted molar refractivity (Wildman–Crippen MR) is 94.0 cm³/mol. The quantitative estimate of drug-likeness (QED) is 0.587. The minimum atomic E-state index is -1.43. The molecule has 2 rings (SSSR count). The number of alkyl carbamates (subject to hydrolysis) is 1. The fraction of sp³-hybridized carbons (Fsp3) is 0.222. The highest BCUT2D eigenvalue weighted by atomic mass is 35.5. The summed E-state index contributed by atoms with van der Waals surface area (Å²) in [4.78, 5) is 22.7. The van der Waals surface area contributed by atoms with Crippen LogP contribution in [0.5, 0.6) is 0 Å². The number of amides is 1. The van der Waals surface area contributed by atoms with E-state index in [1.165, 1.54) is 18.2 Å². The number of carboxylic acid groups (broad SMARTS) is 1. The van der Waals surface area contributed by atoms with Crippen LogP contribution in [0.15, 0.2) is 48.5 Å². The summed E-state index contributed by atoms with van der Waals surface area (Å²) in [6.45, 7) is -0.217. The maximum Gasteiger partial charge on any atom is 0.407 e. The van der Waals surface area contributed by atoms with Gasteiger partial charge in [-0.25, -0.2) is 9.59 Å². The Balaban J connectivity index is 1.87. The largest absolute Gasteiger partial charge is 0.478 e. The van der Waals surface area contributed by atoms with Gasteiger partial charge in [0.1, 0.15) is 18.8 Å². The number of rotatable bonds is 7. The molecule has 0 aliphatic carbocycles. The van der Waals surface area contributed by atoms with Crippen molar-refractivity contribution in [1.82, 2.24) is 5.32 Å². The minimum absolute atomic E-state index is 0.0710. The van der Waals surface area contributed by atoms with Crippen LogP contribution in [0.4, 0.5) is 4.79 Å². The molecule has 0 spiro atoms. The molecule has 2 aromatic rings. The summed E-state index contributed by atoms with van der Waals surface area (Å²) in [6, 6.07) is 12.8. The van der Waals surface area contributed by atoms with Crippen molar-refractivity contribution in [1.29, 1.82) is 0 Å². The molecular weight excluding hydrogens is 362 g/mol. The van der Waals surface area contributed by atoms with E-state index >= 15 is 0 Å². The second kappa shape index (κ2) is 9.19. The third-order valence-corrected chi connectivity index (χ3v) is 3.76. The normalized spacial score (nSPS) is 12.9. The highest BCUT2D eigenvalue weighted by molar-refractivity contribution is 6.31. The highest BCUT2D eigenvalue weighted by Crippen LogP contribution is 2.23. The van der Waals surface area contributed by atoms with Crippen molar-refractivity contribution in [2.45, 2.75) is 18.8 Å². The van der Waals surface area contributed by atoms with Gasteiger partial charge in [-0.1, -0.05) is 41.9 Å². The fourth-order valence-corrected chi connectivity index (χ4v) is 2.45. The van der Waals surface area contributed by atoms with Crippen molar-refractivity contribution in [2.24, 2.45) is 0 Å². The summed E-state index contributed by atoms with van der Waals surface area (Å²) in [5.74, 6) is -1.21. The first kappa shape index (κ1) is 19.7. The first-order valence-corrected chi connectivity index (χ1v) is 8.09. The van der Waals surface area contributed by atoms with Gasteiger partial charge in [-0.3, -0.25) is 0 Å². The number of carbonyl (C=O) groups is 2. The number of hydrogen-bond acceptors (Lipinski definition) is 5. The van der Waals surface area contributed by atoms with Gasteiger partial charge in [0, 0.05) is 11.6 Å². The van der Waals surface area contributed by atoms with Crippen molar-refractivity contribution in [3.8, 4) is 0 Å². The highest BCUT2D eigenvalue weighted by Gasteiger charge is 2.21. The molecule has 0 saturated carbocycles. The van der Waals surface area contributed by atoms with Crippen molar-refractivity contribution < 1.29 is 29.6 Å². The maximum absolute atomic E-state index is 11.7. The molecule has 0 radical (unpaired) electrons. The Hall–Kier alpha value is -2.61.